The van der Waals surface area contributed by atoms with E-state index in [9.17, 15) is 4.79 Å². The molecular formula is C18H23N5O. The highest BCUT2D eigenvalue weighted by molar-refractivity contribution is 5.92. The van der Waals surface area contributed by atoms with Crippen molar-refractivity contribution in [2.45, 2.75) is 33.1 Å². The lowest BCUT2D eigenvalue weighted by atomic mass is 9.92. The minimum atomic E-state index is 0.0640. The lowest BCUT2D eigenvalue weighted by Crippen LogP contribution is -2.40. The molecule has 1 fully saturated rings. The summed E-state index contributed by atoms with van der Waals surface area (Å²) in [5.74, 6) is 1.25. The first kappa shape index (κ1) is 16.4. The fourth-order valence-electron chi connectivity index (χ4n) is 3.16. The lowest BCUT2D eigenvalue weighted by molar-refractivity contribution is -0.128. The molecule has 6 heteroatoms. The minimum absolute atomic E-state index is 0.0640. The van der Waals surface area contributed by atoms with Crippen LogP contribution < -0.4 is 0 Å². The van der Waals surface area contributed by atoms with E-state index in [1.807, 2.05) is 17.9 Å². The Morgan fingerprint density at radius 3 is 2.96 bits per heavy atom. The molecule has 0 spiro atoms. The Bertz CT molecular complexity index is 751. The number of aromatic nitrogens is 4. The number of H-pyrrole nitrogens is 1. The Hall–Kier alpha value is -2.50. The number of piperidine rings is 1. The lowest BCUT2D eigenvalue weighted by Gasteiger charge is -2.32. The van der Waals surface area contributed by atoms with Crippen LogP contribution in [0.5, 0.6) is 0 Å². The molecule has 126 valence electrons. The van der Waals surface area contributed by atoms with E-state index in [0.717, 1.165) is 55.3 Å². The highest BCUT2D eigenvalue weighted by Crippen LogP contribution is 2.22. The number of nitrogens with one attached hydrogen (secondary N) is 1. The van der Waals surface area contributed by atoms with Crippen molar-refractivity contribution >= 4 is 5.91 Å². The highest BCUT2D eigenvalue weighted by atomic mass is 16.2. The summed E-state index contributed by atoms with van der Waals surface area (Å²) in [6.07, 6.45) is 6.36. The normalized spacial score (nSPS) is 17.8. The van der Waals surface area contributed by atoms with Crippen molar-refractivity contribution in [1.82, 2.24) is 24.8 Å². The SMILES string of the molecule is C=C(C)C(=O)N1CCCC(Cc2cc(-c3ncc(C)[nH]3)ncn2)C1. The van der Waals surface area contributed by atoms with Gasteiger partial charge in [0.2, 0.25) is 5.91 Å². The minimum Gasteiger partial charge on any atom is -0.341 e. The van der Waals surface area contributed by atoms with Crippen molar-refractivity contribution in [1.29, 1.82) is 0 Å². The van der Waals surface area contributed by atoms with E-state index >= 15 is 0 Å². The van der Waals surface area contributed by atoms with E-state index in [2.05, 4.69) is 26.5 Å². The van der Waals surface area contributed by atoms with Crippen LogP contribution in [-0.4, -0.2) is 43.8 Å². The second-order valence-electron chi connectivity index (χ2n) is 6.55. The van der Waals surface area contributed by atoms with Crippen LogP contribution in [0.3, 0.4) is 0 Å². The van der Waals surface area contributed by atoms with Crippen LogP contribution in [0.4, 0.5) is 0 Å². The van der Waals surface area contributed by atoms with Gasteiger partial charge in [0.1, 0.15) is 12.0 Å². The number of carbonyl (C=O) groups excluding carboxylic acids is 1. The molecule has 1 unspecified atom stereocenters. The fraction of sp³-hybridized carbons (Fsp3) is 0.444. The Morgan fingerprint density at radius 1 is 1.42 bits per heavy atom. The summed E-state index contributed by atoms with van der Waals surface area (Å²) in [4.78, 5) is 30.2. The van der Waals surface area contributed by atoms with Gasteiger partial charge in [-0.3, -0.25) is 4.79 Å². The zero-order chi connectivity index (χ0) is 17.1. The molecule has 0 saturated carbocycles. The molecule has 24 heavy (non-hydrogen) atoms. The summed E-state index contributed by atoms with van der Waals surface area (Å²) in [6, 6.07) is 1.98. The summed E-state index contributed by atoms with van der Waals surface area (Å²) in [5.41, 5.74) is 3.40. The monoisotopic (exact) mass is 325 g/mol. The Balaban J connectivity index is 1.69. The number of rotatable bonds is 4. The van der Waals surface area contributed by atoms with Crippen molar-refractivity contribution < 1.29 is 4.79 Å². The molecule has 2 aromatic rings. The van der Waals surface area contributed by atoms with E-state index in [0.29, 0.717) is 11.5 Å². The largest absolute Gasteiger partial charge is 0.341 e. The second kappa shape index (κ2) is 6.95. The van der Waals surface area contributed by atoms with E-state index in [-0.39, 0.29) is 5.91 Å². The first-order valence-corrected chi connectivity index (χ1v) is 8.30. The van der Waals surface area contributed by atoms with E-state index in [4.69, 9.17) is 0 Å². The predicted octanol–water partition coefficient (Wildman–Crippen LogP) is 2.53. The molecule has 0 aromatic carbocycles. The number of aromatic amines is 1. The molecule has 3 rings (SSSR count). The van der Waals surface area contributed by atoms with E-state index < -0.39 is 0 Å². The number of nitrogens with zero attached hydrogens (tertiary/aromatic N) is 4. The molecule has 1 aliphatic heterocycles. The third-order valence-electron chi connectivity index (χ3n) is 4.34. The van der Waals surface area contributed by atoms with Crippen LogP contribution in [0, 0.1) is 12.8 Å². The molecule has 0 bridgehead atoms. The maximum absolute atomic E-state index is 12.1. The zero-order valence-electron chi connectivity index (χ0n) is 14.2. The molecule has 1 amide bonds. The first-order chi connectivity index (χ1) is 11.5. The summed E-state index contributed by atoms with van der Waals surface area (Å²) in [6.45, 7) is 9.09. The number of imidazole rings is 1. The number of aryl methyl sites for hydroxylation is 1. The van der Waals surface area contributed by atoms with Gasteiger partial charge in [0.15, 0.2) is 5.82 Å². The average Bonchev–Trinajstić information content (AvgIpc) is 3.01. The second-order valence-corrected chi connectivity index (χ2v) is 6.55. The van der Waals surface area contributed by atoms with Crippen LogP contribution >= 0.6 is 0 Å². The van der Waals surface area contributed by atoms with Crippen molar-refractivity contribution in [2.24, 2.45) is 5.92 Å². The van der Waals surface area contributed by atoms with Crippen molar-refractivity contribution in [2.75, 3.05) is 13.1 Å². The Morgan fingerprint density at radius 2 is 2.25 bits per heavy atom. The third kappa shape index (κ3) is 3.69. The van der Waals surface area contributed by atoms with Crippen molar-refractivity contribution in [3.63, 3.8) is 0 Å². The van der Waals surface area contributed by atoms with Gasteiger partial charge in [-0.15, -0.1) is 0 Å². The molecule has 6 nitrogen and oxygen atoms in total. The van der Waals surface area contributed by atoms with Crippen LogP contribution in [-0.2, 0) is 11.2 Å². The summed E-state index contributed by atoms with van der Waals surface area (Å²) in [5, 5.41) is 0. The zero-order valence-corrected chi connectivity index (χ0v) is 14.2. The number of carbonyl (C=O) groups is 1. The van der Waals surface area contributed by atoms with Gasteiger partial charge in [0, 0.05) is 36.2 Å². The maximum Gasteiger partial charge on any atom is 0.248 e. The topological polar surface area (TPSA) is 74.8 Å². The van der Waals surface area contributed by atoms with Crippen molar-refractivity contribution in [3.05, 3.63) is 42.1 Å². The van der Waals surface area contributed by atoms with Gasteiger partial charge in [-0.25, -0.2) is 15.0 Å². The smallest absolute Gasteiger partial charge is 0.248 e. The highest BCUT2D eigenvalue weighted by Gasteiger charge is 2.24. The van der Waals surface area contributed by atoms with Crippen LogP contribution in [0.25, 0.3) is 11.5 Å². The van der Waals surface area contributed by atoms with Gasteiger partial charge >= 0.3 is 0 Å². The van der Waals surface area contributed by atoms with Crippen LogP contribution in [0.15, 0.2) is 30.7 Å². The maximum atomic E-state index is 12.1. The van der Waals surface area contributed by atoms with E-state index in [1.165, 1.54) is 0 Å². The number of amides is 1. The molecule has 1 N–H and O–H groups in total. The first-order valence-electron chi connectivity index (χ1n) is 8.30. The summed E-state index contributed by atoms with van der Waals surface area (Å²) in [7, 11) is 0. The van der Waals surface area contributed by atoms with Gasteiger partial charge in [-0.05, 0) is 45.1 Å². The summed E-state index contributed by atoms with van der Waals surface area (Å²) < 4.78 is 0. The quantitative estimate of drug-likeness (QED) is 0.877. The molecule has 1 atom stereocenters. The molecule has 1 aliphatic rings. The van der Waals surface area contributed by atoms with Gasteiger partial charge in [-0.1, -0.05) is 6.58 Å². The predicted molar refractivity (Wildman–Crippen MR) is 92.2 cm³/mol. The average molecular weight is 325 g/mol. The standard InChI is InChI=1S/C18H23N5O/c1-12(2)18(24)23-6-4-5-14(10-23)7-15-8-16(21-11-20-15)17-19-9-13(3)22-17/h8-9,11,14H,1,4-7,10H2,2-3H3,(H,19,22). The third-order valence-corrected chi connectivity index (χ3v) is 4.34. The van der Waals surface area contributed by atoms with Crippen molar-refractivity contribution in [3.8, 4) is 11.5 Å². The summed E-state index contributed by atoms with van der Waals surface area (Å²) >= 11 is 0. The molecule has 1 saturated heterocycles. The van der Waals surface area contributed by atoms with Crippen LogP contribution in [0.1, 0.15) is 31.2 Å². The molecular weight excluding hydrogens is 302 g/mol. The van der Waals surface area contributed by atoms with Crippen LogP contribution in [0.2, 0.25) is 0 Å². The molecule has 0 aliphatic carbocycles. The Kier molecular flexibility index (Phi) is 4.74. The molecule has 0 radical (unpaired) electrons. The molecule has 2 aromatic heterocycles. The fourth-order valence-corrected chi connectivity index (χ4v) is 3.16. The van der Waals surface area contributed by atoms with Gasteiger partial charge < -0.3 is 9.88 Å². The number of hydrogen-bond donors (Lipinski definition) is 1. The van der Waals surface area contributed by atoms with E-state index in [1.54, 1.807) is 19.4 Å². The van der Waals surface area contributed by atoms with Gasteiger partial charge in [0.25, 0.3) is 0 Å². The van der Waals surface area contributed by atoms with Gasteiger partial charge in [0.05, 0.1) is 0 Å². The molecule has 3 heterocycles. The number of hydrogen-bond acceptors (Lipinski definition) is 4. The van der Waals surface area contributed by atoms with Gasteiger partial charge in [-0.2, -0.15) is 0 Å². The number of likely N-dealkylation sites (tertiary alicyclic amines) is 1. The Labute approximate surface area is 142 Å².